The van der Waals surface area contributed by atoms with Crippen LogP contribution in [0.15, 0.2) is 54.6 Å². The van der Waals surface area contributed by atoms with E-state index in [1.807, 2.05) is 58.0 Å². The molecular formula is C31H40O6. The molecule has 0 aliphatic carbocycles. The van der Waals surface area contributed by atoms with Crippen LogP contribution >= 0.6 is 0 Å². The standard InChI is InChI=1S/C31H40O6/c1-18(2)24-10-12-26(34)30(36)28(24)22(16-32)14-21(20-8-6-5-7-9-20)15-23(17-33)29-25(19(3)4)11-13-27(35)31(29)37/h5-13,18-19,21-23,32-37H,14-17H2,1-4H3. The number of phenolic OH excluding ortho intramolecular Hbond substituents is 4. The molecule has 3 rings (SSSR count). The Bertz CT molecular complexity index is 1100. The van der Waals surface area contributed by atoms with Gasteiger partial charge in [0.05, 0.1) is 13.2 Å². The van der Waals surface area contributed by atoms with Gasteiger partial charge >= 0.3 is 0 Å². The van der Waals surface area contributed by atoms with Gasteiger partial charge in [0.25, 0.3) is 0 Å². The molecular weight excluding hydrogens is 468 g/mol. The van der Waals surface area contributed by atoms with E-state index in [9.17, 15) is 30.6 Å². The third-order valence-electron chi connectivity index (χ3n) is 7.37. The zero-order chi connectivity index (χ0) is 27.3. The molecule has 0 amide bonds. The molecule has 6 heteroatoms. The average Bonchev–Trinajstić information content (AvgIpc) is 2.88. The summed E-state index contributed by atoms with van der Waals surface area (Å²) < 4.78 is 0. The highest BCUT2D eigenvalue weighted by atomic mass is 16.3. The zero-order valence-corrected chi connectivity index (χ0v) is 22.1. The number of hydrogen-bond acceptors (Lipinski definition) is 6. The van der Waals surface area contributed by atoms with Crippen LogP contribution in [-0.4, -0.2) is 43.9 Å². The summed E-state index contributed by atoms with van der Waals surface area (Å²) in [4.78, 5) is 0. The Morgan fingerprint density at radius 2 is 0.946 bits per heavy atom. The van der Waals surface area contributed by atoms with E-state index < -0.39 is 11.8 Å². The molecule has 3 aromatic rings. The van der Waals surface area contributed by atoms with E-state index in [1.54, 1.807) is 12.1 Å². The van der Waals surface area contributed by atoms with Crippen LogP contribution in [-0.2, 0) is 0 Å². The summed E-state index contributed by atoms with van der Waals surface area (Å²) in [5, 5.41) is 63.1. The predicted octanol–water partition coefficient (Wildman–Crippen LogP) is 6.17. The lowest BCUT2D eigenvalue weighted by molar-refractivity contribution is 0.228. The van der Waals surface area contributed by atoms with Crippen LogP contribution in [0, 0.1) is 0 Å². The summed E-state index contributed by atoms with van der Waals surface area (Å²) >= 11 is 0. The lowest BCUT2D eigenvalue weighted by Gasteiger charge is -2.30. The maximum absolute atomic E-state index is 10.8. The first kappa shape index (κ1) is 28.4. The van der Waals surface area contributed by atoms with Crippen molar-refractivity contribution in [1.82, 2.24) is 0 Å². The maximum Gasteiger partial charge on any atom is 0.161 e. The third-order valence-corrected chi connectivity index (χ3v) is 7.37. The van der Waals surface area contributed by atoms with E-state index in [4.69, 9.17) is 0 Å². The fraction of sp³-hybridized carbons (Fsp3) is 0.419. The molecule has 6 N–H and O–H groups in total. The minimum absolute atomic E-state index is 0.0637. The van der Waals surface area contributed by atoms with Crippen molar-refractivity contribution in [2.24, 2.45) is 0 Å². The Morgan fingerprint density at radius 1 is 0.541 bits per heavy atom. The van der Waals surface area contributed by atoms with Crippen molar-refractivity contribution < 1.29 is 30.6 Å². The van der Waals surface area contributed by atoms with Gasteiger partial charge in [-0.1, -0.05) is 70.2 Å². The first-order valence-corrected chi connectivity index (χ1v) is 13.0. The van der Waals surface area contributed by atoms with Crippen LogP contribution in [0.2, 0.25) is 0 Å². The summed E-state index contributed by atoms with van der Waals surface area (Å²) in [6.07, 6.45) is 0.870. The van der Waals surface area contributed by atoms with Gasteiger partial charge in [-0.05, 0) is 59.4 Å². The van der Waals surface area contributed by atoms with Crippen molar-refractivity contribution in [3.8, 4) is 23.0 Å². The van der Waals surface area contributed by atoms with E-state index >= 15 is 0 Å². The van der Waals surface area contributed by atoms with Crippen molar-refractivity contribution in [3.63, 3.8) is 0 Å². The molecule has 0 saturated heterocycles. The van der Waals surface area contributed by atoms with Gasteiger partial charge in [-0.3, -0.25) is 0 Å². The predicted molar refractivity (Wildman–Crippen MR) is 146 cm³/mol. The Balaban J connectivity index is 2.09. The van der Waals surface area contributed by atoms with Gasteiger partial charge in [0, 0.05) is 23.0 Å². The first-order valence-electron chi connectivity index (χ1n) is 13.0. The quantitative estimate of drug-likeness (QED) is 0.172. The van der Waals surface area contributed by atoms with Gasteiger partial charge in [0.15, 0.2) is 23.0 Å². The van der Waals surface area contributed by atoms with Crippen molar-refractivity contribution >= 4 is 0 Å². The molecule has 0 radical (unpaired) electrons. The van der Waals surface area contributed by atoms with Gasteiger partial charge in [0.1, 0.15) is 0 Å². The molecule has 0 bridgehead atoms. The van der Waals surface area contributed by atoms with Gasteiger partial charge in [-0.2, -0.15) is 0 Å². The molecule has 0 saturated carbocycles. The summed E-state index contributed by atoms with van der Waals surface area (Å²) in [6.45, 7) is 7.52. The molecule has 37 heavy (non-hydrogen) atoms. The van der Waals surface area contributed by atoms with E-state index in [1.165, 1.54) is 12.1 Å². The average molecular weight is 509 g/mol. The topological polar surface area (TPSA) is 121 Å². The summed E-state index contributed by atoms with van der Waals surface area (Å²) in [5.41, 5.74) is 3.76. The molecule has 0 heterocycles. The van der Waals surface area contributed by atoms with Crippen molar-refractivity contribution in [3.05, 3.63) is 82.4 Å². The van der Waals surface area contributed by atoms with Gasteiger partial charge in [-0.15, -0.1) is 0 Å². The molecule has 0 aliphatic heterocycles. The first-order chi connectivity index (χ1) is 17.6. The second kappa shape index (κ2) is 12.3. The molecule has 0 aliphatic rings. The van der Waals surface area contributed by atoms with Crippen molar-refractivity contribution in [2.45, 2.75) is 70.1 Å². The minimum atomic E-state index is -0.476. The SMILES string of the molecule is CC(C)c1ccc(O)c(O)c1C(CO)CC(CC(CO)c1c(C(C)C)ccc(O)c1O)c1ccccc1. The number of aromatic hydroxyl groups is 4. The molecule has 0 aromatic heterocycles. The van der Waals surface area contributed by atoms with Crippen LogP contribution in [0.5, 0.6) is 23.0 Å². The monoisotopic (exact) mass is 508 g/mol. The Hall–Kier alpha value is -3.22. The van der Waals surface area contributed by atoms with Crippen LogP contribution in [0.25, 0.3) is 0 Å². The number of phenols is 4. The molecule has 200 valence electrons. The fourth-order valence-electron chi connectivity index (χ4n) is 5.44. The molecule has 3 aromatic carbocycles. The van der Waals surface area contributed by atoms with Crippen LogP contribution in [0.4, 0.5) is 0 Å². The molecule has 2 unspecified atom stereocenters. The summed E-state index contributed by atoms with van der Waals surface area (Å²) in [6, 6.07) is 16.3. The number of rotatable bonds is 11. The molecule has 0 fully saturated rings. The van der Waals surface area contributed by atoms with Gasteiger partial charge in [-0.25, -0.2) is 0 Å². The minimum Gasteiger partial charge on any atom is -0.504 e. The van der Waals surface area contributed by atoms with E-state index in [2.05, 4.69) is 0 Å². The van der Waals surface area contributed by atoms with Crippen LogP contribution in [0.1, 0.15) is 97.9 Å². The van der Waals surface area contributed by atoms with Crippen molar-refractivity contribution in [2.75, 3.05) is 13.2 Å². The molecule has 0 spiro atoms. The molecule has 2 atom stereocenters. The Labute approximate surface area is 219 Å². The summed E-state index contributed by atoms with van der Waals surface area (Å²) in [7, 11) is 0. The van der Waals surface area contributed by atoms with Gasteiger partial charge in [0.2, 0.25) is 0 Å². The zero-order valence-electron chi connectivity index (χ0n) is 22.1. The number of hydrogen-bond donors (Lipinski definition) is 6. The lowest BCUT2D eigenvalue weighted by atomic mass is 9.76. The van der Waals surface area contributed by atoms with E-state index in [0.717, 1.165) is 16.7 Å². The Morgan fingerprint density at radius 3 is 1.30 bits per heavy atom. The number of benzene rings is 3. The lowest BCUT2D eigenvalue weighted by Crippen LogP contribution is -2.17. The third kappa shape index (κ3) is 6.20. The number of aliphatic hydroxyl groups is 2. The second-order valence-corrected chi connectivity index (χ2v) is 10.5. The molecule has 6 nitrogen and oxygen atoms in total. The van der Waals surface area contributed by atoms with Gasteiger partial charge < -0.3 is 30.6 Å². The van der Waals surface area contributed by atoms with Crippen molar-refractivity contribution in [1.29, 1.82) is 0 Å². The van der Waals surface area contributed by atoms with Crippen LogP contribution < -0.4 is 0 Å². The highest BCUT2D eigenvalue weighted by Crippen LogP contribution is 2.47. The van der Waals surface area contributed by atoms with Crippen LogP contribution in [0.3, 0.4) is 0 Å². The summed E-state index contributed by atoms with van der Waals surface area (Å²) in [5.74, 6) is -1.89. The normalized spacial score (nSPS) is 14.2. The number of aliphatic hydroxyl groups excluding tert-OH is 2. The van der Waals surface area contributed by atoms with E-state index in [0.29, 0.717) is 24.0 Å². The fourth-order valence-corrected chi connectivity index (χ4v) is 5.44. The second-order valence-electron chi connectivity index (χ2n) is 10.5. The maximum atomic E-state index is 10.8. The largest absolute Gasteiger partial charge is 0.504 e. The smallest absolute Gasteiger partial charge is 0.161 e. The highest BCUT2D eigenvalue weighted by molar-refractivity contribution is 5.53. The van der Waals surface area contributed by atoms with E-state index in [-0.39, 0.29) is 54.0 Å². The highest BCUT2D eigenvalue weighted by Gasteiger charge is 2.30. The Kier molecular flexibility index (Phi) is 9.46.